The Morgan fingerprint density at radius 3 is 2.25 bits per heavy atom. The third kappa shape index (κ3) is 3.80. The van der Waals surface area contributed by atoms with Gasteiger partial charge in [0, 0.05) is 20.6 Å². The Morgan fingerprint density at radius 2 is 1.55 bits per heavy atom. The van der Waals surface area contributed by atoms with Gasteiger partial charge in [0.15, 0.2) is 0 Å². The molecular weight excluding hydrogens is 342 g/mol. The van der Waals surface area contributed by atoms with E-state index in [0.717, 1.165) is 0 Å². The summed E-state index contributed by atoms with van der Waals surface area (Å²) >= 11 is 23.5. The van der Waals surface area contributed by atoms with Gasteiger partial charge in [-0.15, -0.1) is 0 Å². The van der Waals surface area contributed by atoms with E-state index >= 15 is 0 Å². The Kier molecular flexibility index (Phi) is 5.17. The van der Waals surface area contributed by atoms with Crippen molar-refractivity contribution in [2.24, 2.45) is 0 Å². The highest BCUT2D eigenvalue weighted by molar-refractivity contribution is 6.36. The van der Waals surface area contributed by atoms with Crippen LogP contribution in [-0.4, -0.2) is 5.97 Å². The predicted octanol–water partition coefficient (Wildman–Crippen LogP) is 5.66. The monoisotopic (exact) mass is 348 g/mol. The largest absolute Gasteiger partial charge is 0.457 e. The number of hydrogen-bond acceptors (Lipinski definition) is 2. The average molecular weight is 350 g/mol. The number of hydrogen-bond donors (Lipinski definition) is 0. The molecule has 0 saturated heterocycles. The molecule has 0 heterocycles. The van der Waals surface area contributed by atoms with Gasteiger partial charge < -0.3 is 4.74 Å². The van der Waals surface area contributed by atoms with Crippen molar-refractivity contribution in [3.8, 4) is 0 Å². The third-order valence-corrected chi connectivity index (χ3v) is 3.67. The molecule has 0 radical (unpaired) electrons. The molecule has 0 atom stereocenters. The molecule has 0 fully saturated rings. The highest BCUT2D eigenvalue weighted by atomic mass is 35.5. The number of benzene rings is 2. The van der Waals surface area contributed by atoms with Crippen LogP contribution in [0.1, 0.15) is 15.9 Å². The van der Waals surface area contributed by atoms with Crippen LogP contribution in [0.5, 0.6) is 0 Å². The second-order valence-corrected chi connectivity index (χ2v) is 5.62. The Bertz CT molecular complexity index is 656. The molecule has 0 aliphatic carbocycles. The van der Waals surface area contributed by atoms with Gasteiger partial charge in [0.25, 0.3) is 0 Å². The van der Waals surface area contributed by atoms with Crippen LogP contribution in [0.3, 0.4) is 0 Å². The number of carbonyl (C=O) groups excluding carboxylic acids is 1. The quantitative estimate of drug-likeness (QED) is 0.668. The molecule has 104 valence electrons. The molecule has 0 aromatic heterocycles. The fourth-order valence-electron chi connectivity index (χ4n) is 1.51. The van der Waals surface area contributed by atoms with Gasteiger partial charge in [-0.05, 0) is 30.3 Å². The Morgan fingerprint density at radius 1 is 0.900 bits per heavy atom. The van der Waals surface area contributed by atoms with Crippen LogP contribution in [0.4, 0.5) is 0 Å². The van der Waals surface area contributed by atoms with E-state index in [0.29, 0.717) is 20.6 Å². The van der Waals surface area contributed by atoms with Crippen LogP contribution in [0.25, 0.3) is 0 Å². The fraction of sp³-hybridized carbons (Fsp3) is 0.0714. The van der Waals surface area contributed by atoms with E-state index in [1.54, 1.807) is 24.3 Å². The van der Waals surface area contributed by atoms with Crippen molar-refractivity contribution in [3.63, 3.8) is 0 Å². The molecule has 2 rings (SSSR count). The molecule has 2 nitrogen and oxygen atoms in total. The zero-order valence-corrected chi connectivity index (χ0v) is 13.0. The standard InChI is InChI=1S/C14H8Cl4O2/c15-9-3-4-12(17)11(5-9)14(19)20-7-8-1-2-10(16)6-13(8)18/h1-6H,7H2. The minimum atomic E-state index is -0.566. The smallest absolute Gasteiger partial charge is 0.340 e. The molecule has 0 saturated carbocycles. The van der Waals surface area contributed by atoms with Crippen molar-refractivity contribution < 1.29 is 9.53 Å². The lowest BCUT2D eigenvalue weighted by atomic mass is 10.2. The topological polar surface area (TPSA) is 26.3 Å². The zero-order chi connectivity index (χ0) is 14.7. The van der Waals surface area contributed by atoms with E-state index in [1.807, 2.05) is 0 Å². The van der Waals surface area contributed by atoms with Crippen LogP contribution in [0, 0.1) is 0 Å². The van der Waals surface area contributed by atoms with Crippen LogP contribution in [-0.2, 0) is 11.3 Å². The summed E-state index contributed by atoms with van der Waals surface area (Å²) in [6.07, 6.45) is 0. The van der Waals surface area contributed by atoms with Crippen molar-refractivity contribution in [3.05, 3.63) is 67.6 Å². The van der Waals surface area contributed by atoms with Gasteiger partial charge in [-0.2, -0.15) is 0 Å². The van der Waals surface area contributed by atoms with Crippen molar-refractivity contribution >= 4 is 52.4 Å². The summed E-state index contributed by atoms with van der Waals surface area (Å²) in [5.74, 6) is -0.566. The summed E-state index contributed by atoms with van der Waals surface area (Å²) in [7, 11) is 0. The predicted molar refractivity (Wildman–Crippen MR) is 82.0 cm³/mol. The van der Waals surface area contributed by atoms with E-state index < -0.39 is 5.97 Å². The summed E-state index contributed by atoms with van der Waals surface area (Å²) in [5.41, 5.74) is 0.867. The number of ether oxygens (including phenoxy) is 1. The molecule has 0 spiro atoms. The molecule has 2 aromatic rings. The molecule has 6 heteroatoms. The van der Waals surface area contributed by atoms with Gasteiger partial charge in [0.2, 0.25) is 0 Å². The number of halogens is 4. The Balaban J connectivity index is 2.10. The van der Waals surface area contributed by atoms with Crippen LogP contribution in [0.2, 0.25) is 20.1 Å². The molecule has 0 aliphatic heterocycles. The molecule has 20 heavy (non-hydrogen) atoms. The Labute approximate surface area is 136 Å². The molecule has 0 amide bonds. The highest BCUT2D eigenvalue weighted by Crippen LogP contribution is 2.24. The van der Waals surface area contributed by atoms with E-state index in [1.165, 1.54) is 12.1 Å². The highest BCUT2D eigenvalue weighted by Gasteiger charge is 2.13. The van der Waals surface area contributed by atoms with Gasteiger partial charge >= 0.3 is 5.97 Å². The van der Waals surface area contributed by atoms with Gasteiger partial charge in [0.1, 0.15) is 6.61 Å². The SMILES string of the molecule is O=C(OCc1ccc(Cl)cc1Cl)c1cc(Cl)ccc1Cl. The lowest BCUT2D eigenvalue weighted by Gasteiger charge is -2.08. The molecule has 0 N–H and O–H groups in total. The number of rotatable bonds is 3. The summed E-state index contributed by atoms with van der Waals surface area (Å²) in [6.45, 7) is 0.0255. The summed E-state index contributed by atoms with van der Waals surface area (Å²) < 4.78 is 5.16. The lowest BCUT2D eigenvalue weighted by molar-refractivity contribution is 0.0473. The second kappa shape index (κ2) is 6.68. The molecule has 2 aromatic carbocycles. The Hall–Kier alpha value is -0.930. The number of esters is 1. The van der Waals surface area contributed by atoms with Crippen LogP contribution < -0.4 is 0 Å². The number of carbonyl (C=O) groups is 1. The second-order valence-electron chi connectivity index (χ2n) is 3.94. The summed E-state index contributed by atoms with van der Waals surface area (Å²) in [6, 6.07) is 9.53. The maximum atomic E-state index is 11.9. The van der Waals surface area contributed by atoms with Crippen molar-refractivity contribution in [2.75, 3.05) is 0 Å². The molecule has 0 aliphatic rings. The van der Waals surface area contributed by atoms with Crippen molar-refractivity contribution in [2.45, 2.75) is 6.61 Å². The maximum Gasteiger partial charge on any atom is 0.340 e. The van der Waals surface area contributed by atoms with E-state index in [9.17, 15) is 4.79 Å². The third-order valence-electron chi connectivity index (χ3n) is 2.52. The minimum Gasteiger partial charge on any atom is -0.457 e. The summed E-state index contributed by atoms with van der Waals surface area (Å²) in [5, 5.41) is 1.64. The van der Waals surface area contributed by atoms with Gasteiger partial charge in [-0.1, -0.05) is 52.5 Å². The first-order valence-electron chi connectivity index (χ1n) is 5.53. The first-order valence-corrected chi connectivity index (χ1v) is 7.04. The minimum absolute atomic E-state index is 0.0255. The fourth-order valence-corrected chi connectivity index (χ4v) is 2.34. The maximum absolute atomic E-state index is 11.9. The van der Waals surface area contributed by atoms with Gasteiger partial charge in [-0.25, -0.2) is 4.79 Å². The van der Waals surface area contributed by atoms with Gasteiger partial charge in [0.05, 0.1) is 10.6 Å². The zero-order valence-electron chi connectivity index (χ0n) is 10.00. The molecular formula is C14H8Cl4O2. The van der Waals surface area contributed by atoms with E-state index in [2.05, 4.69) is 0 Å². The van der Waals surface area contributed by atoms with Crippen LogP contribution >= 0.6 is 46.4 Å². The molecule has 0 unspecified atom stereocenters. The average Bonchev–Trinajstić information content (AvgIpc) is 2.40. The first kappa shape index (κ1) is 15.5. The summed E-state index contributed by atoms with van der Waals surface area (Å²) in [4.78, 5) is 11.9. The normalized spacial score (nSPS) is 10.4. The van der Waals surface area contributed by atoms with Crippen LogP contribution in [0.15, 0.2) is 36.4 Å². The lowest BCUT2D eigenvalue weighted by Crippen LogP contribution is -2.06. The van der Waals surface area contributed by atoms with Gasteiger partial charge in [-0.3, -0.25) is 0 Å². The van der Waals surface area contributed by atoms with Crippen molar-refractivity contribution in [1.82, 2.24) is 0 Å². The first-order chi connectivity index (χ1) is 9.47. The van der Waals surface area contributed by atoms with E-state index in [-0.39, 0.29) is 17.2 Å². The van der Waals surface area contributed by atoms with E-state index in [4.69, 9.17) is 51.1 Å². The molecule has 0 bridgehead atoms. The van der Waals surface area contributed by atoms with Crippen molar-refractivity contribution in [1.29, 1.82) is 0 Å².